The summed E-state index contributed by atoms with van der Waals surface area (Å²) in [5, 5.41) is 21.3. The van der Waals surface area contributed by atoms with Crippen LogP contribution in [0.5, 0.6) is 5.75 Å². The maximum atomic E-state index is 14.5. The average molecular weight is 845 g/mol. The summed E-state index contributed by atoms with van der Waals surface area (Å²) >= 11 is 0. The zero-order valence-electron chi connectivity index (χ0n) is 35.7. The molecule has 0 radical (unpaired) electrons. The molecule has 324 valence electrons. The number of anilines is 3. The van der Waals surface area contributed by atoms with Gasteiger partial charge >= 0.3 is 6.03 Å². The molecule has 6 aromatic rings. The van der Waals surface area contributed by atoms with Gasteiger partial charge in [0.25, 0.3) is 0 Å². The summed E-state index contributed by atoms with van der Waals surface area (Å²) in [7, 11) is 3.63. The number of aryl methyl sites for hydroxylation is 3. The number of rotatable bonds is 12. The summed E-state index contributed by atoms with van der Waals surface area (Å²) in [6.45, 7) is 13.0. The number of carbonyl (C=O) groups excluding carboxylic acids is 2. The predicted molar refractivity (Wildman–Crippen MR) is 234 cm³/mol. The molecule has 3 saturated heterocycles. The Bertz CT molecular complexity index is 2600. The number of hydrogen-bond donors (Lipinski definition) is 2. The van der Waals surface area contributed by atoms with Crippen LogP contribution in [0, 0.1) is 18.7 Å². The highest BCUT2D eigenvalue weighted by Crippen LogP contribution is 2.36. The smallest absolute Gasteiger partial charge is 0.329 e. The van der Waals surface area contributed by atoms with E-state index in [-0.39, 0.29) is 24.0 Å². The van der Waals surface area contributed by atoms with E-state index in [9.17, 15) is 14.0 Å². The summed E-state index contributed by atoms with van der Waals surface area (Å²) in [5.74, 6) is 1.26. The molecule has 3 N–H and O–H groups in total. The Kier molecular flexibility index (Phi) is 11.3. The van der Waals surface area contributed by atoms with Crippen LogP contribution < -0.4 is 25.6 Å². The van der Waals surface area contributed by atoms with Crippen LogP contribution in [0.3, 0.4) is 0 Å². The number of nitrogens with zero attached hydrogens (tertiary/aromatic N) is 12. The minimum atomic E-state index is -0.558. The van der Waals surface area contributed by atoms with Gasteiger partial charge in [-0.3, -0.25) is 29.3 Å². The molecule has 4 aromatic heterocycles. The highest BCUT2D eigenvalue weighted by Gasteiger charge is 2.29. The number of benzene rings is 2. The third-order valence-electron chi connectivity index (χ3n) is 12.5. The SMILES string of the molecule is Cc1cnn(CCN2CCN(CC3CCN(c4ccc5c(N6CCC(=O)NC6=O)nn(C)c5c4)CC3)CC2)c1-c1cnc(N)c(O[C@H](C)c2cc(F)ccc2-c2cnn(C)n2)c1. The number of piperazine rings is 1. The molecule has 2 aromatic carbocycles. The molecule has 0 spiro atoms. The zero-order chi connectivity index (χ0) is 43.1. The molecule has 3 aliphatic heterocycles. The lowest BCUT2D eigenvalue weighted by Gasteiger charge is -2.39. The van der Waals surface area contributed by atoms with E-state index in [2.05, 4.69) is 52.4 Å². The maximum Gasteiger partial charge on any atom is 0.329 e. The molecule has 17 nitrogen and oxygen atoms in total. The van der Waals surface area contributed by atoms with Gasteiger partial charge in [-0.15, -0.1) is 0 Å². The Labute approximate surface area is 359 Å². The molecule has 1 atom stereocenters. The Morgan fingerprint density at radius 2 is 1.69 bits per heavy atom. The summed E-state index contributed by atoms with van der Waals surface area (Å²) in [6.07, 6.45) is 7.26. The highest BCUT2D eigenvalue weighted by atomic mass is 19.1. The van der Waals surface area contributed by atoms with Gasteiger partial charge in [0.1, 0.15) is 17.6 Å². The number of amides is 3. The second-order valence-corrected chi connectivity index (χ2v) is 16.7. The van der Waals surface area contributed by atoms with Crippen LogP contribution in [0.4, 0.5) is 26.5 Å². The number of halogens is 1. The number of nitrogen functional groups attached to an aromatic ring is 1. The Balaban J connectivity index is 0.767. The van der Waals surface area contributed by atoms with Crippen molar-refractivity contribution in [2.24, 2.45) is 20.0 Å². The monoisotopic (exact) mass is 844 g/mol. The molecule has 3 amide bonds. The number of hydrogen-bond acceptors (Lipinski definition) is 12. The van der Waals surface area contributed by atoms with Crippen molar-refractivity contribution in [1.82, 2.24) is 54.7 Å². The number of pyridine rings is 1. The molecule has 7 heterocycles. The van der Waals surface area contributed by atoms with Crippen molar-refractivity contribution >= 4 is 40.2 Å². The normalized spacial score (nSPS) is 17.6. The number of urea groups is 1. The first kappa shape index (κ1) is 41.0. The van der Waals surface area contributed by atoms with Crippen molar-refractivity contribution in [2.45, 2.75) is 45.8 Å². The van der Waals surface area contributed by atoms with E-state index in [1.807, 2.05) is 48.6 Å². The number of ether oxygens (including phenoxy) is 1. The van der Waals surface area contributed by atoms with Crippen molar-refractivity contribution in [1.29, 1.82) is 0 Å². The molecule has 0 saturated carbocycles. The first-order valence-corrected chi connectivity index (χ1v) is 21.4. The van der Waals surface area contributed by atoms with Crippen molar-refractivity contribution in [3.63, 3.8) is 0 Å². The largest absolute Gasteiger partial charge is 0.482 e. The van der Waals surface area contributed by atoms with Gasteiger partial charge in [0.2, 0.25) is 5.91 Å². The second kappa shape index (κ2) is 17.2. The van der Waals surface area contributed by atoms with Crippen LogP contribution in [0.15, 0.2) is 61.1 Å². The van der Waals surface area contributed by atoms with E-state index < -0.39 is 12.1 Å². The second-order valence-electron chi connectivity index (χ2n) is 16.7. The number of carbonyl (C=O) groups is 2. The minimum Gasteiger partial charge on any atom is -0.482 e. The molecule has 18 heteroatoms. The summed E-state index contributed by atoms with van der Waals surface area (Å²) in [4.78, 5) is 39.3. The third-order valence-corrected chi connectivity index (χ3v) is 12.5. The van der Waals surface area contributed by atoms with E-state index in [0.717, 1.165) is 105 Å². The van der Waals surface area contributed by atoms with E-state index in [1.165, 1.54) is 22.6 Å². The number of imide groups is 1. The van der Waals surface area contributed by atoms with Gasteiger partial charge in [0.05, 0.1) is 30.1 Å². The van der Waals surface area contributed by atoms with Gasteiger partial charge in [-0.1, -0.05) is 0 Å². The van der Waals surface area contributed by atoms with Crippen molar-refractivity contribution in [3.8, 4) is 28.3 Å². The summed E-state index contributed by atoms with van der Waals surface area (Å²) < 4.78 is 24.7. The fraction of sp³-hybridized carbons (Fsp3) is 0.432. The van der Waals surface area contributed by atoms with Gasteiger partial charge in [-0.25, -0.2) is 14.2 Å². The number of piperidine rings is 1. The molecule has 9 rings (SSSR count). The lowest BCUT2D eigenvalue weighted by molar-refractivity contribution is -0.120. The Hall–Kier alpha value is -6.40. The molecule has 0 bridgehead atoms. The topological polar surface area (TPSA) is 174 Å². The Morgan fingerprint density at radius 3 is 2.45 bits per heavy atom. The van der Waals surface area contributed by atoms with Crippen LogP contribution in [0.1, 0.15) is 43.4 Å². The predicted octanol–water partition coefficient (Wildman–Crippen LogP) is 4.78. The number of fused-ring (bicyclic) bond motifs is 1. The molecule has 62 heavy (non-hydrogen) atoms. The average Bonchev–Trinajstić information content (AvgIpc) is 3.97. The van der Waals surface area contributed by atoms with Crippen LogP contribution in [-0.2, 0) is 25.4 Å². The lowest BCUT2D eigenvalue weighted by atomic mass is 9.95. The molecule has 3 fully saturated rings. The molecule has 0 unspecified atom stereocenters. The van der Waals surface area contributed by atoms with Gasteiger partial charge in [-0.05, 0) is 80.6 Å². The fourth-order valence-corrected chi connectivity index (χ4v) is 9.09. The third kappa shape index (κ3) is 8.43. The summed E-state index contributed by atoms with van der Waals surface area (Å²) in [6, 6.07) is 12.4. The lowest BCUT2D eigenvalue weighted by Crippen LogP contribution is -2.49. The quantitative estimate of drug-likeness (QED) is 0.173. The van der Waals surface area contributed by atoms with Gasteiger partial charge in [0.15, 0.2) is 17.4 Å². The maximum absolute atomic E-state index is 14.5. The van der Waals surface area contributed by atoms with Crippen molar-refractivity contribution in [2.75, 3.05) is 74.4 Å². The first-order valence-electron chi connectivity index (χ1n) is 21.4. The van der Waals surface area contributed by atoms with Crippen molar-refractivity contribution in [3.05, 3.63) is 78.0 Å². The van der Waals surface area contributed by atoms with Gasteiger partial charge in [-0.2, -0.15) is 25.2 Å². The van der Waals surface area contributed by atoms with Gasteiger partial charge < -0.3 is 20.3 Å². The highest BCUT2D eigenvalue weighted by molar-refractivity contribution is 6.09. The fourth-order valence-electron chi connectivity index (χ4n) is 9.09. The molecular weight excluding hydrogens is 792 g/mol. The summed E-state index contributed by atoms with van der Waals surface area (Å²) in [5.41, 5.74) is 13.3. The number of aromatic nitrogens is 8. The molecule has 0 aliphatic carbocycles. The van der Waals surface area contributed by atoms with E-state index in [4.69, 9.17) is 15.6 Å². The van der Waals surface area contributed by atoms with Crippen LogP contribution in [0.25, 0.3) is 33.4 Å². The van der Waals surface area contributed by atoms with E-state index in [0.29, 0.717) is 35.3 Å². The van der Waals surface area contributed by atoms with Crippen LogP contribution in [-0.4, -0.2) is 120 Å². The Morgan fingerprint density at radius 1 is 0.903 bits per heavy atom. The van der Waals surface area contributed by atoms with E-state index >= 15 is 0 Å². The van der Waals surface area contributed by atoms with Crippen molar-refractivity contribution < 1.29 is 18.7 Å². The number of nitrogens with one attached hydrogen (secondary N) is 1. The standard InChI is InChI=1S/C44H53FN14O3/c1-28-24-49-59(41(28)31-21-39(42(46)47-25-31)62-29(2)36-22-32(45)5-7-34(36)37-26-48-54(4)51-37)20-19-55-15-17-56(18-16-55)27-30-9-12-57(13-10-30)33-6-8-35-38(23-33)53(3)52-43(35)58-14-11-40(60)50-44(58)61/h5-8,21-26,29-30H,9-20,27H2,1-4H3,(H2,46,47)(H,50,60,61)/t29-/m1/s1. The van der Waals surface area contributed by atoms with Gasteiger partial charge in [0, 0.05) is 113 Å². The molecular formula is C44H53FN14O3. The number of nitrogens with two attached hydrogens (primary N) is 1. The van der Waals surface area contributed by atoms with Crippen LogP contribution >= 0.6 is 0 Å². The first-order chi connectivity index (χ1) is 30.0. The minimum absolute atomic E-state index is 0.245. The zero-order valence-corrected chi connectivity index (χ0v) is 35.7. The van der Waals surface area contributed by atoms with E-state index in [1.54, 1.807) is 30.4 Å². The van der Waals surface area contributed by atoms with Crippen LogP contribution in [0.2, 0.25) is 0 Å². The molecule has 3 aliphatic rings.